The van der Waals surface area contributed by atoms with Crippen LogP contribution in [0.5, 0.6) is 0 Å². The van der Waals surface area contributed by atoms with Crippen molar-refractivity contribution in [2.24, 2.45) is 5.92 Å². The molecule has 2 rings (SSSR count). The summed E-state index contributed by atoms with van der Waals surface area (Å²) >= 11 is 3.68. The summed E-state index contributed by atoms with van der Waals surface area (Å²) in [6, 6.07) is 0. The van der Waals surface area contributed by atoms with Crippen molar-refractivity contribution >= 4 is 15.9 Å². The van der Waals surface area contributed by atoms with Crippen LogP contribution in [0.25, 0.3) is 0 Å². The first-order valence-corrected chi connectivity index (χ1v) is 6.42. The van der Waals surface area contributed by atoms with E-state index in [0.717, 1.165) is 26.1 Å². The minimum Gasteiger partial charge on any atom is -0.311 e. The molecule has 0 spiro atoms. The van der Waals surface area contributed by atoms with Crippen molar-refractivity contribution in [2.45, 2.75) is 39.8 Å². The number of nitrogens with zero attached hydrogens (tertiary/aromatic N) is 2. The first-order chi connectivity index (χ1) is 7.18. The molecular formula is C11H18BrN3. The number of hydrogen-bond acceptors (Lipinski definition) is 2. The molecule has 0 atom stereocenters. The largest absolute Gasteiger partial charge is 0.311 e. The summed E-state index contributed by atoms with van der Waals surface area (Å²) in [6.07, 6.45) is 2.23. The topological polar surface area (TPSA) is 29.9 Å². The van der Waals surface area contributed by atoms with E-state index < -0.39 is 0 Å². The average Bonchev–Trinajstić information content (AvgIpc) is 2.40. The third-order valence-corrected chi connectivity index (χ3v) is 3.59. The van der Waals surface area contributed by atoms with Crippen LogP contribution in [0.1, 0.15) is 31.7 Å². The minimum absolute atomic E-state index is 0.661. The second-order valence-electron chi connectivity index (χ2n) is 4.56. The van der Waals surface area contributed by atoms with Gasteiger partial charge in [0.15, 0.2) is 0 Å². The minimum atomic E-state index is 0.661. The van der Waals surface area contributed by atoms with Crippen molar-refractivity contribution in [3.05, 3.63) is 15.9 Å². The van der Waals surface area contributed by atoms with Gasteiger partial charge < -0.3 is 5.32 Å². The SMILES string of the molecule is CC(C)Cc1nn2c(c1Br)CNCCC2. The molecule has 1 aromatic heterocycles. The van der Waals surface area contributed by atoms with Crippen LogP contribution in [-0.2, 0) is 19.5 Å². The predicted octanol–water partition coefficient (Wildman–Crippen LogP) is 2.34. The van der Waals surface area contributed by atoms with Gasteiger partial charge in [0.05, 0.1) is 15.9 Å². The zero-order valence-corrected chi connectivity index (χ0v) is 11.0. The van der Waals surface area contributed by atoms with Crippen LogP contribution in [0.15, 0.2) is 4.47 Å². The molecule has 3 nitrogen and oxygen atoms in total. The van der Waals surface area contributed by atoms with Crippen LogP contribution in [0.3, 0.4) is 0 Å². The monoisotopic (exact) mass is 271 g/mol. The summed E-state index contributed by atoms with van der Waals surface area (Å²) < 4.78 is 3.37. The summed E-state index contributed by atoms with van der Waals surface area (Å²) in [5.41, 5.74) is 2.52. The standard InChI is InChI=1S/C11H18BrN3/c1-8(2)6-9-11(12)10-7-13-4-3-5-15(10)14-9/h8,13H,3-7H2,1-2H3. The molecule has 15 heavy (non-hydrogen) atoms. The highest BCUT2D eigenvalue weighted by molar-refractivity contribution is 9.10. The van der Waals surface area contributed by atoms with Gasteiger partial charge in [-0.15, -0.1) is 0 Å². The van der Waals surface area contributed by atoms with E-state index in [1.54, 1.807) is 0 Å². The van der Waals surface area contributed by atoms with Crippen LogP contribution < -0.4 is 5.32 Å². The number of fused-ring (bicyclic) bond motifs is 1. The van der Waals surface area contributed by atoms with E-state index in [4.69, 9.17) is 0 Å². The van der Waals surface area contributed by atoms with E-state index in [-0.39, 0.29) is 0 Å². The summed E-state index contributed by atoms with van der Waals surface area (Å²) in [7, 11) is 0. The Kier molecular flexibility index (Phi) is 3.46. The van der Waals surface area contributed by atoms with Crippen molar-refractivity contribution in [3.8, 4) is 0 Å². The Hall–Kier alpha value is -0.350. The maximum atomic E-state index is 4.68. The van der Waals surface area contributed by atoms with Gasteiger partial charge in [-0.2, -0.15) is 5.10 Å². The maximum absolute atomic E-state index is 4.68. The molecule has 0 radical (unpaired) electrons. The lowest BCUT2D eigenvalue weighted by atomic mass is 10.1. The van der Waals surface area contributed by atoms with Crippen molar-refractivity contribution in [3.63, 3.8) is 0 Å². The Labute approximate surface area is 99.4 Å². The number of hydrogen-bond donors (Lipinski definition) is 1. The predicted molar refractivity (Wildman–Crippen MR) is 64.8 cm³/mol. The molecule has 1 aromatic rings. The lowest BCUT2D eigenvalue weighted by molar-refractivity contribution is 0.564. The van der Waals surface area contributed by atoms with Gasteiger partial charge in [-0.25, -0.2) is 0 Å². The van der Waals surface area contributed by atoms with Crippen molar-refractivity contribution in [1.29, 1.82) is 0 Å². The molecule has 0 unspecified atom stereocenters. The van der Waals surface area contributed by atoms with Gasteiger partial charge in [-0.05, 0) is 41.2 Å². The third-order valence-electron chi connectivity index (χ3n) is 2.68. The summed E-state index contributed by atoms with van der Waals surface area (Å²) in [4.78, 5) is 0. The van der Waals surface area contributed by atoms with Gasteiger partial charge in [-0.3, -0.25) is 4.68 Å². The highest BCUT2D eigenvalue weighted by Crippen LogP contribution is 2.25. The van der Waals surface area contributed by atoms with Gasteiger partial charge in [0, 0.05) is 13.1 Å². The fraction of sp³-hybridized carbons (Fsp3) is 0.727. The lowest BCUT2D eigenvalue weighted by Gasteiger charge is -2.02. The zero-order chi connectivity index (χ0) is 10.8. The Balaban J connectivity index is 2.27. The Morgan fingerprint density at radius 3 is 3.07 bits per heavy atom. The molecule has 0 saturated carbocycles. The highest BCUT2D eigenvalue weighted by atomic mass is 79.9. The normalized spacial score (nSPS) is 16.5. The molecule has 4 heteroatoms. The van der Waals surface area contributed by atoms with Crippen molar-refractivity contribution in [2.75, 3.05) is 6.54 Å². The lowest BCUT2D eigenvalue weighted by Crippen LogP contribution is -2.12. The van der Waals surface area contributed by atoms with Crippen LogP contribution in [0.4, 0.5) is 0 Å². The summed E-state index contributed by atoms with van der Waals surface area (Å²) in [5, 5.41) is 8.10. The molecule has 84 valence electrons. The van der Waals surface area contributed by atoms with Crippen LogP contribution >= 0.6 is 15.9 Å². The molecule has 1 aliphatic rings. The maximum Gasteiger partial charge on any atom is 0.0772 e. The Morgan fingerprint density at radius 1 is 1.53 bits per heavy atom. The van der Waals surface area contributed by atoms with Gasteiger partial charge in [0.1, 0.15) is 0 Å². The smallest absolute Gasteiger partial charge is 0.0772 e. The van der Waals surface area contributed by atoms with Gasteiger partial charge in [-0.1, -0.05) is 13.8 Å². The second kappa shape index (κ2) is 4.66. The van der Waals surface area contributed by atoms with Crippen molar-refractivity contribution < 1.29 is 0 Å². The molecule has 1 aliphatic heterocycles. The second-order valence-corrected chi connectivity index (χ2v) is 5.35. The van der Waals surface area contributed by atoms with E-state index in [1.807, 2.05) is 0 Å². The van der Waals surface area contributed by atoms with E-state index in [2.05, 4.69) is 44.9 Å². The van der Waals surface area contributed by atoms with Gasteiger partial charge in [0.2, 0.25) is 0 Å². The first kappa shape index (κ1) is 11.1. The fourth-order valence-electron chi connectivity index (χ4n) is 1.96. The number of nitrogens with one attached hydrogen (secondary N) is 1. The quantitative estimate of drug-likeness (QED) is 0.895. The molecular weight excluding hydrogens is 254 g/mol. The number of rotatable bonds is 2. The molecule has 0 bridgehead atoms. The molecule has 1 N–H and O–H groups in total. The number of aromatic nitrogens is 2. The van der Waals surface area contributed by atoms with Crippen molar-refractivity contribution in [1.82, 2.24) is 15.1 Å². The van der Waals surface area contributed by atoms with E-state index in [0.29, 0.717) is 5.92 Å². The summed E-state index contributed by atoms with van der Waals surface area (Å²) in [5.74, 6) is 0.661. The molecule has 0 fully saturated rings. The molecule has 2 heterocycles. The molecule has 0 aromatic carbocycles. The first-order valence-electron chi connectivity index (χ1n) is 5.63. The number of halogens is 1. The Morgan fingerprint density at radius 2 is 2.33 bits per heavy atom. The van der Waals surface area contributed by atoms with E-state index in [9.17, 15) is 0 Å². The van der Waals surface area contributed by atoms with Crippen LogP contribution in [0, 0.1) is 5.92 Å². The summed E-state index contributed by atoms with van der Waals surface area (Å²) in [6.45, 7) is 7.53. The average molecular weight is 272 g/mol. The zero-order valence-electron chi connectivity index (χ0n) is 9.39. The molecule has 0 aliphatic carbocycles. The Bertz CT molecular complexity index is 344. The highest BCUT2D eigenvalue weighted by Gasteiger charge is 2.17. The van der Waals surface area contributed by atoms with E-state index in [1.165, 1.54) is 22.3 Å². The van der Waals surface area contributed by atoms with Crippen LogP contribution in [0.2, 0.25) is 0 Å². The number of aryl methyl sites for hydroxylation is 1. The fourth-order valence-corrected chi connectivity index (χ4v) is 2.55. The van der Waals surface area contributed by atoms with Gasteiger partial charge >= 0.3 is 0 Å². The van der Waals surface area contributed by atoms with E-state index >= 15 is 0 Å². The molecule has 0 saturated heterocycles. The van der Waals surface area contributed by atoms with Gasteiger partial charge in [0.25, 0.3) is 0 Å². The van der Waals surface area contributed by atoms with Crippen LogP contribution in [-0.4, -0.2) is 16.3 Å². The third kappa shape index (κ3) is 2.42. The molecule has 0 amide bonds.